The van der Waals surface area contributed by atoms with Gasteiger partial charge >= 0.3 is 5.97 Å². The first-order valence-electron chi connectivity index (χ1n) is 7.54. The van der Waals surface area contributed by atoms with Gasteiger partial charge in [0.05, 0.1) is 5.41 Å². The predicted octanol–water partition coefficient (Wildman–Crippen LogP) is 3.86. The van der Waals surface area contributed by atoms with Gasteiger partial charge in [-0.15, -0.1) is 11.3 Å². The van der Waals surface area contributed by atoms with Crippen molar-refractivity contribution in [2.24, 2.45) is 5.41 Å². The van der Waals surface area contributed by atoms with Gasteiger partial charge in [0.1, 0.15) is 5.82 Å². The molecule has 1 aliphatic carbocycles. The molecule has 0 atom stereocenters. The minimum absolute atomic E-state index is 0.496. The first-order chi connectivity index (χ1) is 10.7. The molecule has 22 heavy (non-hydrogen) atoms. The third-order valence-electron chi connectivity index (χ3n) is 4.26. The largest absolute Gasteiger partial charge is 0.481 e. The zero-order valence-electron chi connectivity index (χ0n) is 12.3. The molecule has 2 aromatic heterocycles. The Bertz CT molecular complexity index is 637. The highest BCUT2D eigenvalue weighted by atomic mass is 32.1. The lowest BCUT2D eigenvalue weighted by molar-refractivity contribution is -0.151. The molecule has 3 rings (SSSR count). The van der Waals surface area contributed by atoms with Crippen LogP contribution in [0.3, 0.4) is 0 Å². The Labute approximate surface area is 133 Å². The zero-order chi connectivity index (χ0) is 15.4. The number of aliphatic carboxylic acids is 1. The molecule has 0 saturated heterocycles. The second-order valence-corrected chi connectivity index (χ2v) is 6.69. The van der Waals surface area contributed by atoms with Gasteiger partial charge in [-0.2, -0.15) is 0 Å². The van der Waals surface area contributed by atoms with Crippen LogP contribution in [0.25, 0.3) is 0 Å². The number of carboxylic acid groups (broad SMARTS) is 1. The molecule has 0 amide bonds. The van der Waals surface area contributed by atoms with Crippen molar-refractivity contribution < 1.29 is 9.90 Å². The first-order valence-corrected chi connectivity index (χ1v) is 8.42. The summed E-state index contributed by atoms with van der Waals surface area (Å²) in [5.41, 5.74) is 0.177. The number of thiazole rings is 1. The van der Waals surface area contributed by atoms with Crippen molar-refractivity contribution in [2.75, 3.05) is 5.32 Å². The minimum Gasteiger partial charge on any atom is -0.481 e. The molecular weight excluding hydrogens is 298 g/mol. The number of nitrogens with zero attached hydrogens (tertiary/aromatic N) is 2. The highest BCUT2D eigenvalue weighted by Gasteiger charge is 2.39. The molecule has 1 saturated carbocycles. The van der Waals surface area contributed by atoms with E-state index in [1.165, 1.54) is 11.3 Å². The molecule has 0 radical (unpaired) electrons. The molecule has 1 aliphatic rings. The van der Waals surface area contributed by atoms with E-state index in [0.29, 0.717) is 12.2 Å². The molecule has 6 heteroatoms. The molecule has 2 heterocycles. The summed E-state index contributed by atoms with van der Waals surface area (Å²) in [6, 6.07) is 5.70. The summed E-state index contributed by atoms with van der Waals surface area (Å²) >= 11 is 1.51. The normalized spacial score (nSPS) is 17.1. The lowest BCUT2D eigenvalue weighted by Crippen LogP contribution is -2.35. The van der Waals surface area contributed by atoms with Crippen LogP contribution in [0.4, 0.5) is 10.9 Å². The number of aromatic nitrogens is 2. The Balaban J connectivity index is 1.78. The number of pyridine rings is 1. The van der Waals surface area contributed by atoms with Crippen molar-refractivity contribution in [3.05, 3.63) is 35.5 Å². The van der Waals surface area contributed by atoms with E-state index < -0.39 is 11.4 Å². The number of anilines is 2. The van der Waals surface area contributed by atoms with Crippen LogP contribution >= 0.6 is 11.3 Å². The van der Waals surface area contributed by atoms with Crippen molar-refractivity contribution in [1.29, 1.82) is 0 Å². The summed E-state index contributed by atoms with van der Waals surface area (Å²) in [6.07, 6.45) is 6.83. The van der Waals surface area contributed by atoms with Crippen LogP contribution in [-0.2, 0) is 11.2 Å². The van der Waals surface area contributed by atoms with E-state index in [9.17, 15) is 9.90 Å². The average molecular weight is 317 g/mol. The van der Waals surface area contributed by atoms with E-state index in [4.69, 9.17) is 0 Å². The molecule has 0 spiro atoms. The Morgan fingerprint density at radius 1 is 1.32 bits per heavy atom. The fraction of sp³-hybridized carbons (Fsp3) is 0.438. The van der Waals surface area contributed by atoms with Crippen LogP contribution in [0.2, 0.25) is 0 Å². The van der Waals surface area contributed by atoms with Gasteiger partial charge in [0.2, 0.25) is 0 Å². The maximum atomic E-state index is 11.8. The van der Waals surface area contributed by atoms with E-state index in [1.54, 1.807) is 6.20 Å². The van der Waals surface area contributed by atoms with Crippen molar-refractivity contribution >= 4 is 28.3 Å². The number of rotatable bonds is 5. The number of nitrogens with one attached hydrogen (secondary N) is 1. The summed E-state index contributed by atoms with van der Waals surface area (Å²) in [4.78, 5) is 20.5. The summed E-state index contributed by atoms with van der Waals surface area (Å²) in [5, 5.41) is 15.5. The van der Waals surface area contributed by atoms with Gasteiger partial charge in [0.25, 0.3) is 0 Å². The topological polar surface area (TPSA) is 75.1 Å². The van der Waals surface area contributed by atoms with Gasteiger partial charge in [0.15, 0.2) is 5.13 Å². The SMILES string of the molecule is O=C(O)C1(Cc2cccc(Nc3nccs3)n2)CCCCC1. The van der Waals surface area contributed by atoms with E-state index in [2.05, 4.69) is 15.3 Å². The predicted molar refractivity (Wildman–Crippen MR) is 86.5 cm³/mol. The van der Waals surface area contributed by atoms with Gasteiger partial charge in [0, 0.05) is 23.7 Å². The molecule has 1 fully saturated rings. The summed E-state index contributed by atoms with van der Waals surface area (Å²) in [7, 11) is 0. The van der Waals surface area contributed by atoms with Gasteiger partial charge in [-0.25, -0.2) is 9.97 Å². The van der Waals surface area contributed by atoms with E-state index in [-0.39, 0.29) is 0 Å². The van der Waals surface area contributed by atoms with Crippen molar-refractivity contribution in [3.8, 4) is 0 Å². The average Bonchev–Trinajstić information content (AvgIpc) is 3.01. The smallest absolute Gasteiger partial charge is 0.310 e. The molecule has 2 N–H and O–H groups in total. The second-order valence-electron chi connectivity index (χ2n) is 5.80. The molecule has 0 bridgehead atoms. The third kappa shape index (κ3) is 3.27. The van der Waals surface area contributed by atoms with Gasteiger partial charge < -0.3 is 10.4 Å². The number of hydrogen-bond donors (Lipinski definition) is 2. The molecule has 0 aromatic carbocycles. The van der Waals surface area contributed by atoms with E-state index in [1.807, 2.05) is 23.6 Å². The van der Waals surface area contributed by atoms with Crippen molar-refractivity contribution in [2.45, 2.75) is 38.5 Å². The highest BCUT2D eigenvalue weighted by Crippen LogP contribution is 2.39. The summed E-state index contributed by atoms with van der Waals surface area (Å²) in [6.45, 7) is 0. The van der Waals surface area contributed by atoms with E-state index >= 15 is 0 Å². The van der Waals surface area contributed by atoms with Gasteiger partial charge in [-0.1, -0.05) is 25.3 Å². The van der Waals surface area contributed by atoms with Crippen LogP contribution in [0.15, 0.2) is 29.8 Å². The summed E-state index contributed by atoms with van der Waals surface area (Å²) in [5.74, 6) is 0.0242. The van der Waals surface area contributed by atoms with Crippen LogP contribution in [-0.4, -0.2) is 21.0 Å². The molecule has 2 aromatic rings. The van der Waals surface area contributed by atoms with E-state index in [0.717, 1.165) is 42.9 Å². The number of hydrogen-bond acceptors (Lipinski definition) is 5. The quantitative estimate of drug-likeness (QED) is 0.876. The lowest BCUT2D eigenvalue weighted by Gasteiger charge is -2.32. The first kappa shape index (κ1) is 15.0. The Hall–Kier alpha value is -1.95. The zero-order valence-corrected chi connectivity index (χ0v) is 13.1. The van der Waals surface area contributed by atoms with Crippen LogP contribution < -0.4 is 5.32 Å². The number of carboxylic acids is 1. The van der Waals surface area contributed by atoms with Crippen LogP contribution in [0, 0.1) is 5.41 Å². The standard InChI is InChI=1S/C16H19N3O2S/c20-14(21)16(7-2-1-3-8-16)11-12-5-4-6-13(18-12)19-15-17-9-10-22-15/h4-6,9-10H,1-3,7-8,11H2,(H,20,21)(H,17,18,19). The van der Waals surface area contributed by atoms with Crippen molar-refractivity contribution in [1.82, 2.24) is 9.97 Å². The van der Waals surface area contributed by atoms with Crippen LogP contribution in [0.1, 0.15) is 37.8 Å². The second kappa shape index (κ2) is 6.44. The maximum Gasteiger partial charge on any atom is 0.310 e. The Kier molecular flexibility index (Phi) is 4.38. The highest BCUT2D eigenvalue weighted by molar-refractivity contribution is 7.13. The van der Waals surface area contributed by atoms with Crippen molar-refractivity contribution in [3.63, 3.8) is 0 Å². The Morgan fingerprint density at radius 3 is 2.82 bits per heavy atom. The molecular formula is C16H19N3O2S. The van der Waals surface area contributed by atoms with Gasteiger partial charge in [-0.05, 0) is 25.0 Å². The monoisotopic (exact) mass is 317 g/mol. The fourth-order valence-electron chi connectivity index (χ4n) is 3.08. The molecule has 0 unspecified atom stereocenters. The van der Waals surface area contributed by atoms with Crippen LogP contribution in [0.5, 0.6) is 0 Å². The molecule has 5 nitrogen and oxygen atoms in total. The fourth-order valence-corrected chi connectivity index (χ4v) is 3.62. The minimum atomic E-state index is -0.688. The Morgan fingerprint density at radius 2 is 2.14 bits per heavy atom. The lowest BCUT2D eigenvalue weighted by atomic mass is 9.71. The summed E-state index contributed by atoms with van der Waals surface area (Å²) < 4.78 is 0. The number of carbonyl (C=O) groups is 1. The molecule has 116 valence electrons. The third-order valence-corrected chi connectivity index (χ3v) is 4.95. The molecule has 0 aliphatic heterocycles. The maximum absolute atomic E-state index is 11.8. The van der Waals surface area contributed by atoms with Gasteiger partial charge in [-0.3, -0.25) is 4.79 Å².